The summed E-state index contributed by atoms with van der Waals surface area (Å²) in [4.78, 5) is 15.3. The monoisotopic (exact) mass is 396 g/mol. The SMILES string of the molecule is Cc1ccc(-c2cc(-c3ccc(F)c(Oc4ccccc4)c3)c(C#N)c(=O)[nH]2)cc1. The van der Waals surface area contributed by atoms with Crippen molar-refractivity contribution in [3.8, 4) is 40.0 Å². The summed E-state index contributed by atoms with van der Waals surface area (Å²) in [5.74, 6) is -0.0372. The molecule has 0 aliphatic carbocycles. The van der Waals surface area contributed by atoms with E-state index in [0.717, 1.165) is 11.1 Å². The number of nitrogens with one attached hydrogen (secondary N) is 1. The first-order chi connectivity index (χ1) is 14.5. The number of nitrogens with zero attached hydrogens (tertiary/aromatic N) is 1. The first kappa shape index (κ1) is 19.2. The molecule has 0 fully saturated rings. The van der Waals surface area contributed by atoms with Gasteiger partial charge in [-0.3, -0.25) is 4.79 Å². The van der Waals surface area contributed by atoms with Crippen molar-refractivity contribution < 1.29 is 9.13 Å². The van der Waals surface area contributed by atoms with E-state index in [-0.39, 0.29) is 11.3 Å². The molecule has 0 radical (unpaired) electrons. The molecule has 30 heavy (non-hydrogen) atoms. The van der Waals surface area contributed by atoms with E-state index >= 15 is 0 Å². The minimum atomic E-state index is -0.537. The standard InChI is InChI=1S/C25H17FN2O2/c1-16-7-9-17(10-8-16)23-14-20(21(15-27)25(29)28-23)18-11-12-22(26)24(13-18)30-19-5-3-2-4-6-19/h2-14H,1H3,(H,28,29). The van der Waals surface area contributed by atoms with Gasteiger partial charge in [-0.15, -0.1) is 0 Å². The van der Waals surface area contributed by atoms with Crippen molar-refractivity contribution in [2.75, 3.05) is 0 Å². The maximum atomic E-state index is 14.4. The van der Waals surface area contributed by atoms with Gasteiger partial charge in [-0.1, -0.05) is 54.1 Å². The van der Waals surface area contributed by atoms with Crippen LogP contribution in [-0.2, 0) is 0 Å². The molecule has 3 aromatic carbocycles. The van der Waals surface area contributed by atoms with Crippen LogP contribution in [0.4, 0.5) is 4.39 Å². The van der Waals surface area contributed by atoms with Crippen molar-refractivity contribution in [1.29, 1.82) is 5.26 Å². The van der Waals surface area contributed by atoms with Crippen LogP contribution < -0.4 is 10.3 Å². The fourth-order valence-corrected chi connectivity index (χ4v) is 3.15. The van der Waals surface area contributed by atoms with Crippen LogP contribution in [0.2, 0.25) is 0 Å². The summed E-state index contributed by atoms with van der Waals surface area (Å²) in [7, 11) is 0. The third-order valence-electron chi connectivity index (χ3n) is 4.72. The highest BCUT2D eigenvalue weighted by Gasteiger charge is 2.15. The minimum Gasteiger partial charge on any atom is -0.454 e. The largest absolute Gasteiger partial charge is 0.454 e. The van der Waals surface area contributed by atoms with Gasteiger partial charge in [-0.05, 0) is 48.4 Å². The van der Waals surface area contributed by atoms with Crippen molar-refractivity contribution in [2.24, 2.45) is 0 Å². The molecular formula is C25H17FN2O2. The summed E-state index contributed by atoms with van der Waals surface area (Å²) >= 11 is 0. The molecule has 0 saturated heterocycles. The van der Waals surface area contributed by atoms with Gasteiger partial charge in [0.2, 0.25) is 0 Å². The molecule has 5 heteroatoms. The van der Waals surface area contributed by atoms with Crippen LogP contribution in [0.3, 0.4) is 0 Å². The van der Waals surface area contributed by atoms with Gasteiger partial charge in [0.1, 0.15) is 17.4 Å². The van der Waals surface area contributed by atoms with Crippen molar-refractivity contribution in [2.45, 2.75) is 6.92 Å². The lowest BCUT2D eigenvalue weighted by molar-refractivity contribution is 0.442. The number of nitriles is 1. The second-order valence-corrected chi connectivity index (χ2v) is 6.84. The number of aromatic nitrogens is 1. The maximum absolute atomic E-state index is 14.4. The van der Waals surface area contributed by atoms with Crippen molar-refractivity contribution >= 4 is 0 Å². The molecule has 0 aliphatic heterocycles. The molecule has 1 N–H and O–H groups in total. The first-order valence-corrected chi connectivity index (χ1v) is 9.32. The second-order valence-electron chi connectivity index (χ2n) is 6.84. The number of benzene rings is 3. The van der Waals surface area contributed by atoms with Crippen LogP contribution in [0.15, 0.2) is 83.7 Å². The number of ether oxygens (including phenoxy) is 1. The third kappa shape index (κ3) is 3.85. The Hall–Kier alpha value is -4.17. The molecule has 0 unspecified atom stereocenters. The number of pyridine rings is 1. The second kappa shape index (κ2) is 8.06. The molecule has 0 spiro atoms. The number of aromatic amines is 1. The Morgan fingerprint density at radius 1 is 0.933 bits per heavy atom. The molecule has 4 nitrogen and oxygen atoms in total. The first-order valence-electron chi connectivity index (χ1n) is 9.32. The molecule has 0 aliphatic rings. The zero-order valence-corrected chi connectivity index (χ0v) is 16.1. The van der Waals surface area contributed by atoms with Crippen LogP contribution in [-0.4, -0.2) is 4.98 Å². The van der Waals surface area contributed by atoms with E-state index in [1.165, 1.54) is 18.2 Å². The highest BCUT2D eigenvalue weighted by atomic mass is 19.1. The Morgan fingerprint density at radius 2 is 1.63 bits per heavy atom. The molecule has 0 saturated carbocycles. The fourth-order valence-electron chi connectivity index (χ4n) is 3.15. The lowest BCUT2D eigenvalue weighted by atomic mass is 9.98. The Morgan fingerprint density at radius 3 is 2.33 bits per heavy atom. The quantitative estimate of drug-likeness (QED) is 0.473. The van der Waals surface area contributed by atoms with Gasteiger partial charge in [0.05, 0.1) is 0 Å². The number of rotatable bonds is 4. The van der Waals surface area contributed by atoms with E-state index in [9.17, 15) is 14.4 Å². The average Bonchev–Trinajstić information content (AvgIpc) is 2.76. The van der Waals surface area contributed by atoms with E-state index in [4.69, 9.17) is 4.74 Å². The van der Waals surface area contributed by atoms with E-state index < -0.39 is 11.4 Å². The normalized spacial score (nSPS) is 10.4. The molecule has 4 rings (SSSR count). The van der Waals surface area contributed by atoms with Crippen molar-refractivity contribution in [1.82, 2.24) is 4.98 Å². The van der Waals surface area contributed by atoms with Gasteiger partial charge in [-0.25, -0.2) is 4.39 Å². The van der Waals surface area contributed by atoms with Crippen molar-refractivity contribution in [3.63, 3.8) is 0 Å². The molecule has 4 aromatic rings. The summed E-state index contributed by atoms with van der Waals surface area (Å²) in [5, 5.41) is 9.54. The molecule has 0 atom stereocenters. The van der Waals surface area contributed by atoms with Gasteiger partial charge in [0.15, 0.2) is 11.6 Å². The van der Waals surface area contributed by atoms with E-state index in [2.05, 4.69) is 4.98 Å². The van der Waals surface area contributed by atoms with E-state index in [1.807, 2.05) is 43.3 Å². The summed E-state index contributed by atoms with van der Waals surface area (Å²) < 4.78 is 20.0. The predicted molar refractivity (Wildman–Crippen MR) is 114 cm³/mol. The van der Waals surface area contributed by atoms with Gasteiger partial charge in [0, 0.05) is 11.3 Å². The molecular weight excluding hydrogens is 379 g/mol. The lowest BCUT2D eigenvalue weighted by Crippen LogP contribution is -2.12. The van der Waals surface area contributed by atoms with Crippen LogP contribution in [0, 0.1) is 24.1 Å². The summed E-state index contributed by atoms with van der Waals surface area (Å²) in [6.07, 6.45) is 0. The smallest absolute Gasteiger partial charge is 0.266 e. The van der Waals surface area contributed by atoms with Crippen LogP contribution in [0.25, 0.3) is 22.4 Å². The highest BCUT2D eigenvalue weighted by molar-refractivity contribution is 5.76. The number of hydrogen-bond donors (Lipinski definition) is 1. The fraction of sp³-hybridized carbons (Fsp3) is 0.0400. The topological polar surface area (TPSA) is 65.9 Å². The van der Waals surface area contributed by atoms with Gasteiger partial charge in [-0.2, -0.15) is 5.26 Å². The number of halogens is 1. The predicted octanol–water partition coefficient (Wildman–Crippen LogP) is 5.82. The van der Waals surface area contributed by atoms with Gasteiger partial charge < -0.3 is 9.72 Å². The van der Waals surface area contributed by atoms with Crippen LogP contribution in [0.1, 0.15) is 11.1 Å². The Bertz CT molecular complexity index is 1300. The van der Waals surface area contributed by atoms with E-state index in [0.29, 0.717) is 22.6 Å². The van der Waals surface area contributed by atoms with Crippen LogP contribution in [0.5, 0.6) is 11.5 Å². The molecule has 146 valence electrons. The average molecular weight is 396 g/mol. The Kier molecular flexibility index (Phi) is 5.15. The van der Waals surface area contributed by atoms with Crippen LogP contribution >= 0.6 is 0 Å². The number of para-hydroxylation sites is 1. The van der Waals surface area contributed by atoms with Gasteiger partial charge in [0.25, 0.3) is 5.56 Å². The minimum absolute atomic E-state index is 0.0137. The number of aryl methyl sites for hydroxylation is 1. The number of hydrogen-bond acceptors (Lipinski definition) is 3. The van der Waals surface area contributed by atoms with E-state index in [1.54, 1.807) is 30.3 Å². The van der Waals surface area contributed by atoms with Gasteiger partial charge >= 0.3 is 0 Å². The van der Waals surface area contributed by atoms with Crippen molar-refractivity contribution in [3.05, 3.63) is 106 Å². The molecule has 0 bridgehead atoms. The maximum Gasteiger partial charge on any atom is 0.266 e. The molecule has 0 amide bonds. The molecule has 1 heterocycles. The Balaban J connectivity index is 1.83. The molecule has 1 aromatic heterocycles. The zero-order valence-electron chi connectivity index (χ0n) is 16.1. The number of H-pyrrole nitrogens is 1. The zero-order chi connectivity index (χ0) is 21.1. The summed E-state index contributed by atoms with van der Waals surface area (Å²) in [6.45, 7) is 1.98. The third-order valence-corrected chi connectivity index (χ3v) is 4.72. The summed E-state index contributed by atoms with van der Waals surface area (Å²) in [6, 6.07) is 24.5. The highest BCUT2D eigenvalue weighted by Crippen LogP contribution is 2.32. The Labute approximate surface area is 172 Å². The lowest BCUT2D eigenvalue weighted by Gasteiger charge is -2.11. The summed E-state index contributed by atoms with van der Waals surface area (Å²) in [5.41, 5.74) is 2.86.